The molecule has 1 unspecified atom stereocenters. The molecular formula is C19H35N5O2S. The lowest BCUT2D eigenvalue weighted by atomic mass is 10.2. The fourth-order valence-electron chi connectivity index (χ4n) is 2.40. The predicted octanol–water partition coefficient (Wildman–Crippen LogP) is 2.97. The number of ether oxygens (including phenoxy) is 1. The molecule has 0 aliphatic rings. The van der Waals surface area contributed by atoms with Gasteiger partial charge in [-0.3, -0.25) is 4.99 Å². The second-order valence-electron chi connectivity index (χ2n) is 6.83. The first-order valence-electron chi connectivity index (χ1n) is 9.61. The van der Waals surface area contributed by atoms with E-state index in [1.807, 2.05) is 13.8 Å². The van der Waals surface area contributed by atoms with Crippen molar-refractivity contribution in [1.82, 2.24) is 20.5 Å². The summed E-state index contributed by atoms with van der Waals surface area (Å²) in [4.78, 5) is 23.7. The van der Waals surface area contributed by atoms with Gasteiger partial charge in [0, 0.05) is 19.6 Å². The average Bonchev–Trinajstić information content (AvgIpc) is 3.02. The Labute approximate surface area is 167 Å². The fourth-order valence-corrected chi connectivity index (χ4v) is 3.36. The number of carbonyl (C=O) groups is 1. The lowest BCUT2D eigenvalue weighted by Gasteiger charge is -2.21. The number of unbranched alkanes of at least 4 members (excludes halogenated alkanes) is 1. The van der Waals surface area contributed by atoms with Gasteiger partial charge in [-0.2, -0.15) is 0 Å². The fraction of sp³-hybridized carbons (Fsp3) is 0.737. The van der Waals surface area contributed by atoms with Crippen LogP contribution in [0.25, 0.3) is 0 Å². The highest BCUT2D eigenvalue weighted by Gasteiger charge is 2.20. The van der Waals surface area contributed by atoms with E-state index in [1.165, 1.54) is 11.3 Å². The molecule has 0 bridgehead atoms. The van der Waals surface area contributed by atoms with Crippen LogP contribution in [0.1, 0.15) is 67.0 Å². The molecule has 0 radical (unpaired) electrons. The quantitative estimate of drug-likeness (QED) is 0.273. The molecule has 0 aliphatic carbocycles. The maximum atomic E-state index is 12.0. The van der Waals surface area contributed by atoms with Crippen molar-refractivity contribution >= 4 is 23.3 Å². The Morgan fingerprint density at radius 1 is 1.33 bits per heavy atom. The van der Waals surface area contributed by atoms with Crippen LogP contribution in [0.15, 0.2) is 4.99 Å². The number of hydrogen-bond acceptors (Lipinski definition) is 6. The van der Waals surface area contributed by atoms with Crippen molar-refractivity contribution < 1.29 is 9.53 Å². The number of thiazole rings is 1. The first-order chi connectivity index (χ1) is 12.8. The van der Waals surface area contributed by atoms with Gasteiger partial charge in [-0.15, -0.1) is 11.3 Å². The zero-order valence-electron chi connectivity index (χ0n) is 17.8. The van der Waals surface area contributed by atoms with E-state index in [0.717, 1.165) is 36.9 Å². The summed E-state index contributed by atoms with van der Waals surface area (Å²) in [6.07, 6.45) is 2.22. The molecule has 7 nitrogen and oxygen atoms in total. The minimum absolute atomic E-state index is 0.0462. The molecule has 0 aromatic carbocycles. The number of guanidine groups is 1. The average molecular weight is 398 g/mol. The number of carbonyl (C=O) groups excluding carboxylic acids is 1. The number of hydrogen-bond donors (Lipinski definition) is 2. The predicted molar refractivity (Wildman–Crippen MR) is 113 cm³/mol. The van der Waals surface area contributed by atoms with Crippen LogP contribution < -0.4 is 10.6 Å². The molecule has 1 aromatic rings. The number of aromatic nitrogens is 1. The second-order valence-corrected chi connectivity index (χ2v) is 7.86. The summed E-state index contributed by atoms with van der Waals surface area (Å²) < 4.78 is 5.08. The molecule has 1 aromatic heterocycles. The molecule has 1 heterocycles. The molecule has 8 heteroatoms. The Morgan fingerprint density at radius 2 is 2.04 bits per heavy atom. The standard InChI is InChI=1S/C19H35N5O2S/c1-8-26-18(25)16-14(4)22-17(27-16)15(5)23-19(20-6)21-11-9-10-12-24(7)13(2)3/h13,15H,8-12H2,1-7H3,(H2,20,21,23). The number of rotatable bonds is 10. The van der Waals surface area contributed by atoms with Gasteiger partial charge in [-0.25, -0.2) is 9.78 Å². The van der Waals surface area contributed by atoms with Gasteiger partial charge in [-0.1, -0.05) is 0 Å². The molecule has 0 saturated carbocycles. The summed E-state index contributed by atoms with van der Waals surface area (Å²) in [5, 5.41) is 7.52. The van der Waals surface area contributed by atoms with E-state index in [9.17, 15) is 4.79 Å². The van der Waals surface area contributed by atoms with Gasteiger partial charge < -0.3 is 20.3 Å². The topological polar surface area (TPSA) is 78.8 Å². The minimum Gasteiger partial charge on any atom is -0.462 e. The van der Waals surface area contributed by atoms with E-state index in [-0.39, 0.29) is 12.0 Å². The lowest BCUT2D eigenvalue weighted by Crippen LogP contribution is -2.39. The number of nitrogens with zero attached hydrogens (tertiary/aromatic N) is 3. The van der Waals surface area contributed by atoms with Crippen molar-refractivity contribution in [3.05, 3.63) is 15.6 Å². The highest BCUT2D eigenvalue weighted by molar-refractivity contribution is 7.13. The van der Waals surface area contributed by atoms with Gasteiger partial charge in [0.15, 0.2) is 5.96 Å². The number of aryl methyl sites for hydroxylation is 1. The molecule has 0 fully saturated rings. The van der Waals surface area contributed by atoms with Gasteiger partial charge >= 0.3 is 5.97 Å². The zero-order valence-corrected chi connectivity index (χ0v) is 18.6. The summed E-state index contributed by atoms with van der Waals surface area (Å²) >= 11 is 1.37. The normalized spacial score (nSPS) is 13.1. The Balaban J connectivity index is 2.48. The Hall–Kier alpha value is -1.67. The maximum absolute atomic E-state index is 12.0. The van der Waals surface area contributed by atoms with Crippen LogP contribution in [0.2, 0.25) is 0 Å². The number of aliphatic imine (C=N–C) groups is 1. The maximum Gasteiger partial charge on any atom is 0.350 e. The van der Waals surface area contributed by atoms with Gasteiger partial charge in [0.25, 0.3) is 0 Å². The molecule has 154 valence electrons. The second kappa shape index (κ2) is 11.9. The summed E-state index contributed by atoms with van der Waals surface area (Å²) in [5.41, 5.74) is 0.708. The van der Waals surface area contributed by atoms with Crippen LogP contribution in [-0.2, 0) is 4.74 Å². The largest absolute Gasteiger partial charge is 0.462 e. The number of nitrogens with one attached hydrogen (secondary N) is 2. The molecule has 2 N–H and O–H groups in total. The number of esters is 1. The van der Waals surface area contributed by atoms with E-state index in [4.69, 9.17) is 4.74 Å². The summed E-state index contributed by atoms with van der Waals surface area (Å²) in [7, 11) is 3.91. The Morgan fingerprint density at radius 3 is 2.63 bits per heavy atom. The third-order valence-electron chi connectivity index (χ3n) is 4.33. The minimum atomic E-state index is -0.306. The first kappa shape index (κ1) is 23.4. The monoisotopic (exact) mass is 397 g/mol. The summed E-state index contributed by atoms with van der Waals surface area (Å²) in [6.45, 7) is 12.4. The van der Waals surface area contributed by atoms with E-state index in [2.05, 4.69) is 46.4 Å². The smallest absolute Gasteiger partial charge is 0.350 e. The van der Waals surface area contributed by atoms with Crippen LogP contribution >= 0.6 is 11.3 Å². The molecule has 1 rings (SSSR count). The SMILES string of the molecule is CCOC(=O)c1sc(C(C)NC(=NC)NCCCCN(C)C(C)C)nc1C. The van der Waals surface area contributed by atoms with Gasteiger partial charge in [-0.05, 0) is 61.1 Å². The third-order valence-corrected chi connectivity index (χ3v) is 5.65. The van der Waals surface area contributed by atoms with Gasteiger partial charge in [0.1, 0.15) is 9.88 Å². The van der Waals surface area contributed by atoms with E-state index in [0.29, 0.717) is 23.2 Å². The molecule has 1 atom stereocenters. The van der Waals surface area contributed by atoms with Crippen molar-refractivity contribution in [3.8, 4) is 0 Å². The van der Waals surface area contributed by atoms with E-state index >= 15 is 0 Å². The van der Waals surface area contributed by atoms with Crippen LogP contribution in [0, 0.1) is 6.92 Å². The highest BCUT2D eigenvalue weighted by atomic mass is 32.1. The zero-order chi connectivity index (χ0) is 20.4. The van der Waals surface area contributed by atoms with Crippen LogP contribution in [0.5, 0.6) is 0 Å². The lowest BCUT2D eigenvalue weighted by molar-refractivity contribution is 0.0531. The van der Waals surface area contributed by atoms with Crippen molar-refractivity contribution in [3.63, 3.8) is 0 Å². The molecule has 0 spiro atoms. The van der Waals surface area contributed by atoms with Gasteiger partial charge in [0.05, 0.1) is 18.3 Å². The summed E-state index contributed by atoms with van der Waals surface area (Å²) in [5.74, 6) is 0.435. The van der Waals surface area contributed by atoms with Crippen LogP contribution in [0.3, 0.4) is 0 Å². The summed E-state index contributed by atoms with van der Waals surface area (Å²) in [6, 6.07) is 0.532. The van der Waals surface area contributed by atoms with Crippen LogP contribution in [-0.4, -0.2) is 61.6 Å². The van der Waals surface area contributed by atoms with E-state index < -0.39 is 0 Å². The third kappa shape index (κ3) is 7.84. The van der Waals surface area contributed by atoms with Crippen LogP contribution in [0.4, 0.5) is 0 Å². The molecule has 27 heavy (non-hydrogen) atoms. The molecule has 0 aliphatic heterocycles. The molecule has 0 amide bonds. The van der Waals surface area contributed by atoms with E-state index in [1.54, 1.807) is 14.0 Å². The molecular weight excluding hydrogens is 362 g/mol. The van der Waals surface area contributed by atoms with Crippen molar-refractivity contribution in [1.29, 1.82) is 0 Å². The molecule has 0 saturated heterocycles. The van der Waals surface area contributed by atoms with Crippen molar-refractivity contribution in [2.24, 2.45) is 4.99 Å². The van der Waals surface area contributed by atoms with Gasteiger partial charge in [0.2, 0.25) is 0 Å². The highest BCUT2D eigenvalue weighted by Crippen LogP contribution is 2.24. The Bertz CT molecular complexity index is 615. The van der Waals surface area contributed by atoms with Crippen molar-refractivity contribution in [2.75, 3.05) is 33.8 Å². The first-order valence-corrected chi connectivity index (χ1v) is 10.4. The Kier molecular flexibility index (Phi) is 10.3. The van der Waals surface area contributed by atoms with Crippen molar-refractivity contribution in [2.45, 2.75) is 59.5 Å².